The van der Waals surface area contributed by atoms with Crippen molar-refractivity contribution in [1.29, 1.82) is 0 Å². The van der Waals surface area contributed by atoms with E-state index in [0.29, 0.717) is 6.42 Å². The Hall–Kier alpha value is -1.12. The van der Waals surface area contributed by atoms with Gasteiger partial charge < -0.3 is 0 Å². The summed E-state index contributed by atoms with van der Waals surface area (Å²) in [4.78, 5) is 10.9. The first-order valence-corrected chi connectivity index (χ1v) is 4.83. The molecule has 3 nitrogen and oxygen atoms in total. The van der Waals surface area contributed by atoms with E-state index >= 15 is 0 Å². The number of carbonyl (C=O) groups is 1. The zero-order chi connectivity index (χ0) is 10.9. The summed E-state index contributed by atoms with van der Waals surface area (Å²) >= 11 is 0. The lowest BCUT2D eigenvalue weighted by Gasteiger charge is -2.17. The fourth-order valence-electron chi connectivity index (χ4n) is 1.57. The molecule has 1 aromatic rings. The number of hydrogen-bond acceptors (Lipinski definition) is 2. The van der Waals surface area contributed by atoms with Crippen molar-refractivity contribution in [2.24, 2.45) is 7.05 Å². The van der Waals surface area contributed by atoms with Crippen molar-refractivity contribution in [2.75, 3.05) is 0 Å². The first-order chi connectivity index (χ1) is 6.30. The van der Waals surface area contributed by atoms with Gasteiger partial charge >= 0.3 is 0 Å². The van der Waals surface area contributed by atoms with Crippen LogP contribution in [-0.4, -0.2) is 15.6 Å². The molecule has 78 valence electrons. The molecule has 0 aliphatic heterocycles. The zero-order valence-electron chi connectivity index (χ0n) is 9.59. The van der Waals surface area contributed by atoms with Crippen molar-refractivity contribution in [3.05, 3.63) is 17.5 Å². The van der Waals surface area contributed by atoms with E-state index in [-0.39, 0.29) is 11.2 Å². The summed E-state index contributed by atoms with van der Waals surface area (Å²) in [6.07, 6.45) is 0.434. The number of rotatable bonds is 2. The van der Waals surface area contributed by atoms with Gasteiger partial charge in [0.2, 0.25) is 0 Å². The lowest BCUT2D eigenvalue weighted by atomic mass is 9.92. The fourth-order valence-corrected chi connectivity index (χ4v) is 1.57. The van der Waals surface area contributed by atoms with Crippen LogP contribution in [0.15, 0.2) is 6.07 Å². The summed E-state index contributed by atoms with van der Waals surface area (Å²) in [5.74, 6) is 0.156. The van der Waals surface area contributed by atoms with Gasteiger partial charge in [-0.2, -0.15) is 5.10 Å². The smallest absolute Gasteiger partial charge is 0.135 e. The molecule has 14 heavy (non-hydrogen) atoms. The van der Waals surface area contributed by atoms with Crippen molar-refractivity contribution >= 4 is 5.78 Å². The predicted octanol–water partition coefficient (Wildman–Crippen LogP) is 1.85. The Kier molecular flexibility index (Phi) is 2.79. The van der Waals surface area contributed by atoms with Crippen LogP contribution < -0.4 is 0 Å². The molecule has 0 N–H and O–H groups in total. The third kappa shape index (κ3) is 2.44. The SMILES string of the molecule is CC(=O)Cc1cc(C(C)(C)C)n(C)n1. The maximum atomic E-state index is 10.9. The Labute approximate surface area is 85.1 Å². The number of hydrogen-bond donors (Lipinski definition) is 0. The minimum Gasteiger partial charge on any atom is -0.300 e. The monoisotopic (exact) mass is 194 g/mol. The second kappa shape index (κ2) is 3.56. The van der Waals surface area contributed by atoms with E-state index in [1.54, 1.807) is 6.92 Å². The lowest BCUT2D eigenvalue weighted by Crippen LogP contribution is -2.16. The lowest BCUT2D eigenvalue weighted by molar-refractivity contribution is -0.116. The average molecular weight is 194 g/mol. The molecule has 0 aliphatic rings. The molecule has 0 aliphatic carbocycles. The van der Waals surface area contributed by atoms with Crippen LogP contribution in [0.25, 0.3) is 0 Å². The first-order valence-electron chi connectivity index (χ1n) is 4.83. The topological polar surface area (TPSA) is 34.9 Å². The molecular formula is C11H18N2O. The highest BCUT2D eigenvalue weighted by Crippen LogP contribution is 2.22. The fraction of sp³-hybridized carbons (Fsp3) is 0.636. The minimum absolute atomic E-state index is 0.0801. The van der Waals surface area contributed by atoms with Gasteiger partial charge in [0.15, 0.2) is 0 Å². The second-order valence-corrected chi connectivity index (χ2v) is 4.77. The van der Waals surface area contributed by atoms with Gasteiger partial charge in [-0.1, -0.05) is 20.8 Å². The quantitative estimate of drug-likeness (QED) is 0.720. The van der Waals surface area contributed by atoms with Crippen LogP contribution in [0.4, 0.5) is 0 Å². The van der Waals surface area contributed by atoms with Crippen LogP contribution in [-0.2, 0) is 23.7 Å². The normalized spacial score (nSPS) is 11.8. The summed E-state index contributed by atoms with van der Waals surface area (Å²) in [6, 6.07) is 2.02. The van der Waals surface area contributed by atoms with Crippen LogP contribution in [0.3, 0.4) is 0 Å². The molecule has 0 unspecified atom stereocenters. The van der Waals surface area contributed by atoms with Gasteiger partial charge in [-0.25, -0.2) is 0 Å². The number of nitrogens with zero attached hydrogens (tertiary/aromatic N) is 2. The molecular weight excluding hydrogens is 176 g/mol. The van der Waals surface area contributed by atoms with E-state index in [1.165, 1.54) is 0 Å². The van der Waals surface area contributed by atoms with E-state index in [9.17, 15) is 4.79 Å². The van der Waals surface area contributed by atoms with Gasteiger partial charge in [0.05, 0.1) is 12.1 Å². The predicted molar refractivity (Wildman–Crippen MR) is 56.3 cm³/mol. The Morgan fingerprint density at radius 2 is 2.07 bits per heavy atom. The molecule has 0 saturated heterocycles. The standard InChI is InChI=1S/C11H18N2O/c1-8(14)6-9-7-10(11(2,3)4)13(5)12-9/h7H,6H2,1-5H3. The Morgan fingerprint density at radius 1 is 1.50 bits per heavy atom. The number of aryl methyl sites for hydroxylation is 1. The molecule has 0 spiro atoms. The second-order valence-electron chi connectivity index (χ2n) is 4.77. The highest BCUT2D eigenvalue weighted by Gasteiger charge is 2.19. The van der Waals surface area contributed by atoms with E-state index < -0.39 is 0 Å². The molecule has 0 radical (unpaired) electrons. The Balaban J connectivity index is 2.99. The van der Waals surface area contributed by atoms with Crippen LogP contribution in [0, 0.1) is 0 Å². The highest BCUT2D eigenvalue weighted by molar-refractivity contribution is 5.77. The van der Waals surface area contributed by atoms with E-state index in [1.807, 2.05) is 17.8 Å². The summed E-state index contributed by atoms with van der Waals surface area (Å²) in [7, 11) is 1.92. The summed E-state index contributed by atoms with van der Waals surface area (Å²) in [5.41, 5.74) is 2.11. The van der Waals surface area contributed by atoms with E-state index in [4.69, 9.17) is 0 Å². The molecule has 3 heteroatoms. The molecule has 0 atom stereocenters. The summed E-state index contributed by atoms with van der Waals surface area (Å²) < 4.78 is 1.86. The number of carbonyl (C=O) groups excluding carboxylic acids is 1. The maximum absolute atomic E-state index is 10.9. The van der Waals surface area contributed by atoms with Crippen LogP contribution in [0.1, 0.15) is 39.1 Å². The minimum atomic E-state index is 0.0801. The highest BCUT2D eigenvalue weighted by atomic mass is 16.1. The molecule has 1 heterocycles. The van der Waals surface area contributed by atoms with Crippen molar-refractivity contribution in [3.63, 3.8) is 0 Å². The number of aromatic nitrogens is 2. The van der Waals surface area contributed by atoms with Crippen LogP contribution >= 0.6 is 0 Å². The average Bonchev–Trinajstić information content (AvgIpc) is 2.27. The molecule has 0 saturated carbocycles. The van der Waals surface area contributed by atoms with Gasteiger partial charge in [-0.3, -0.25) is 9.48 Å². The van der Waals surface area contributed by atoms with Crippen molar-refractivity contribution < 1.29 is 4.79 Å². The number of Topliss-reactive ketones (excluding diaryl/α,β-unsaturated/α-hetero) is 1. The van der Waals surface area contributed by atoms with Crippen molar-refractivity contribution in [3.8, 4) is 0 Å². The molecule has 1 aromatic heterocycles. The van der Waals surface area contributed by atoms with Crippen LogP contribution in [0.5, 0.6) is 0 Å². The van der Waals surface area contributed by atoms with Gasteiger partial charge in [0.1, 0.15) is 5.78 Å². The first kappa shape index (κ1) is 11.0. The van der Waals surface area contributed by atoms with Crippen molar-refractivity contribution in [2.45, 2.75) is 39.5 Å². The third-order valence-corrected chi connectivity index (χ3v) is 2.13. The molecule has 0 fully saturated rings. The van der Waals surface area contributed by atoms with Gasteiger partial charge in [0.25, 0.3) is 0 Å². The third-order valence-electron chi connectivity index (χ3n) is 2.13. The van der Waals surface area contributed by atoms with Gasteiger partial charge in [-0.15, -0.1) is 0 Å². The van der Waals surface area contributed by atoms with Gasteiger partial charge in [0, 0.05) is 18.2 Å². The van der Waals surface area contributed by atoms with E-state index in [0.717, 1.165) is 11.4 Å². The molecule has 0 bridgehead atoms. The largest absolute Gasteiger partial charge is 0.300 e. The number of ketones is 1. The van der Waals surface area contributed by atoms with Gasteiger partial charge in [-0.05, 0) is 13.0 Å². The molecule has 1 rings (SSSR count). The summed E-state index contributed by atoms with van der Waals surface area (Å²) in [6.45, 7) is 8.01. The van der Waals surface area contributed by atoms with E-state index in [2.05, 4.69) is 25.9 Å². The maximum Gasteiger partial charge on any atom is 0.135 e. The molecule has 0 aromatic carbocycles. The summed E-state index contributed by atoms with van der Waals surface area (Å²) in [5, 5.41) is 4.31. The zero-order valence-corrected chi connectivity index (χ0v) is 9.59. The Bertz CT molecular complexity index is 345. The molecule has 0 amide bonds. The van der Waals surface area contributed by atoms with Crippen molar-refractivity contribution in [1.82, 2.24) is 9.78 Å². The van der Waals surface area contributed by atoms with Crippen LogP contribution in [0.2, 0.25) is 0 Å². The Morgan fingerprint density at radius 3 is 2.43 bits per heavy atom.